The second-order valence-corrected chi connectivity index (χ2v) is 5.05. The molecule has 0 amide bonds. The lowest BCUT2D eigenvalue weighted by molar-refractivity contribution is 0.561. The van der Waals surface area contributed by atoms with E-state index in [1.807, 2.05) is 48.9 Å². The predicted octanol–water partition coefficient (Wildman–Crippen LogP) is 3.57. The molecule has 4 heteroatoms. The number of nitriles is 1. The quantitative estimate of drug-likeness (QED) is 0.870. The number of benzene rings is 1. The van der Waals surface area contributed by atoms with E-state index in [1.165, 1.54) is 0 Å². The summed E-state index contributed by atoms with van der Waals surface area (Å²) in [6, 6.07) is 12.2. The van der Waals surface area contributed by atoms with Gasteiger partial charge in [0.05, 0.1) is 28.7 Å². The van der Waals surface area contributed by atoms with Crippen LogP contribution in [0.15, 0.2) is 34.8 Å². The summed E-state index contributed by atoms with van der Waals surface area (Å²) in [4.78, 5) is 0. The van der Waals surface area contributed by atoms with Crippen molar-refractivity contribution >= 4 is 15.9 Å². The van der Waals surface area contributed by atoms with Gasteiger partial charge in [0.1, 0.15) is 0 Å². The summed E-state index contributed by atoms with van der Waals surface area (Å²) in [5.74, 6) is -0.170. The van der Waals surface area contributed by atoms with Crippen LogP contribution in [0.2, 0.25) is 0 Å². The van der Waals surface area contributed by atoms with Gasteiger partial charge in [-0.2, -0.15) is 10.4 Å². The van der Waals surface area contributed by atoms with Gasteiger partial charge in [0.2, 0.25) is 0 Å². The first kappa shape index (κ1) is 12.8. The lowest BCUT2D eigenvalue weighted by atomic mass is 10.0. The van der Waals surface area contributed by atoms with E-state index in [4.69, 9.17) is 0 Å². The summed E-state index contributed by atoms with van der Waals surface area (Å²) in [7, 11) is 0. The fraction of sp³-hybridized carbons (Fsp3) is 0.286. The SMILES string of the molecule is Cc1nn(CC(C#N)c2ccccc2)c(C)c1Br. The summed E-state index contributed by atoms with van der Waals surface area (Å²) >= 11 is 3.50. The molecule has 0 aliphatic carbocycles. The van der Waals surface area contributed by atoms with Crippen molar-refractivity contribution in [3.8, 4) is 6.07 Å². The van der Waals surface area contributed by atoms with E-state index in [0.717, 1.165) is 21.4 Å². The maximum Gasteiger partial charge on any atom is 0.0908 e. The van der Waals surface area contributed by atoms with Crippen molar-refractivity contribution in [2.75, 3.05) is 0 Å². The molecule has 0 aliphatic heterocycles. The Labute approximate surface area is 115 Å². The summed E-state index contributed by atoms with van der Waals surface area (Å²) in [6.07, 6.45) is 0. The predicted molar refractivity (Wildman–Crippen MR) is 74.2 cm³/mol. The third kappa shape index (κ3) is 2.46. The molecule has 1 aromatic heterocycles. The van der Waals surface area contributed by atoms with Crippen LogP contribution in [0.5, 0.6) is 0 Å². The summed E-state index contributed by atoms with van der Waals surface area (Å²) in [6.45, 7) is 4.54. The number of hydrogen-bond donors (Lipinski definition) is 0. The Bertz CT molecular complexity index is 581. The number of aromatic nitrogens is 2. The topological polar surface area (TPSA) is 41.6 Å². The molecule has 0 N–H and O–H groups in total. The highest BCUT2D eigenvalue weighted by Crippen LogP contribution is 2.23. The van der Waals surface area contributed by atoms with Gasteiger partial charge in [0, 0.05) is 5.69 Å². The van der Waals surface area contributed by atoms with Crippen molar-refractivity contribution in [3.63, 3.8) is 0 Å². The molecule has 2 aromatic rings. The van der Waals surface area contributed by atoms with Gasteiger partial charge in [-0.15, -0.1) is 0 Å². The molecule has 0 saturated heterocycles. The second kappa shape index (κ2) is 5.36. The first-order chi connectivity index (χ1) is 8.63. The maximum absolute atomic E-state index is 9.30. The molecule has 0 saturated carbocycles. The number of aryl methyl sites for hydroxylation is 1. The van der Waals surface area contributed by atoms with Gasteiger partial charge in [-0.05, 0) is 35.3 Å². The third-order valence-corrected chi connectivity index (χ3v) is 4.15. The van der Waals surface area contributed by atoms with E-state index in [1.54, 1.807) is 0 Å². The smallest absolute Gasteiger partial charge is 0.0908 e. The minimum atomic E-state index is -0.170. The number of nitrogens with zero attached hydrogens (tertiary/aromatic N) is 3. The van der Waals surface area contributed by atoms with Crippen LogP contribution in [0.1, 0.15) is 22.9 Å². The van der Waals surface area contributed by atoms with Gasteiger partial charge in [0.25, 0.3) is 0 Å². The fourth-order valence-electron chi connectivity index (χ4n) is 1.93. The van der Waals surface area contributed by atoms with Crippen LogP contribution < -0.4 is 0 Å². The van der Waals surface area contributed by atoms with Gasteiger partial charge >= 0.3 is 0 Å². The maximum atomic E-state index is 9.30. The van der Waals surface area contributed by atoms with Gasteiger partial charge in [0.15, 0.2) is 0 Å². The van der Waals surface area contributed by atoms with Crippen molar-refractivity contribution < 1.29 is 0 Å². The summed E-state index contributed by atoms with van der Waals surface area (Å²) in [5, 5.41) is 13.7. The fourth-order valence-corrected chi connectivity index (χ4v) is 2.22. The van der Waals surface area contributed by atoms with Crippen molar-refractivity contribution in [1.29, 1.82) is 5.26 Å². The molecular formula is C14H14BrN3. The molecule has 0 aliphatic rings. The molecule has 1 heterocycles. The molecular weight excluding hydrogens is 290 g/mol. The van der Waals surface area contributed by atoms with E-state index in [0.29, 0.717) is 6.54 Å². The van der Waals surface area contributed by atoms with Gasteiger partial charge in [-0.3, -0.25) is 4.68 Å². The first-order valence-corrected chi connectivity index (χ1v) is 6.57. The van der Waals surface area contributed by atoms with Crippen LogP contribution in [-0.4, -0.2) is 9.78 Å². The van der Waals surface area contributed by atoms with Gasteiger partial charge in [-0.25, -0.2) is 0 Å². The lowest BCUT2D eigenvalue weighted by Crippen LogP contribution is -2.10. The molecule has 92 valence electrons. The van der Waals surface area contributed by atoms with Crippen LogP contribution >= 0.6 is 15.9 Å². The highest BCUT2D eigenvalue weighted by Gasteiger charge is 2.15. The molecule has 3 nitrogen and oxygen atoms in total. The van der Waals surface area contributed by atoms with Crippen LogP contribution in [0.25, 0.3) is 0 Å². The highest BCUT2D eigenvalue weighted by molar-refractivity contribution is 9.10. The Morgan fingerprint density at radius 3 is 2.50 bits per heavy atom. The van der Waals surface area contributed by atoms with Crippen LogP contribution in [0, 0.1) is 25.2 Å². The Hall–Kier alpha value is -1.60. The van der Waals surface area contributed by atoms with E-state index < -0.39 is 0 Å². The molecule has 1 aromatic carbocycles. The first-order valence-electron chi connectivity index (χ1n) is 5.77. The van der Waals surface area contributed by atoms with Crippen LogP contribution in [-0.2, 0) is 6.54 Å². The molecule has 18 heavy (non-hydrogen) atoms. The van der Waals surface area contributed by atoms with Gasteiger partial charge < -0.3 is 0 Å². The minimum absolute atomic E-state index is 0.170. The Balaban J connectivity index is 2.27. The van der Waals surface area contributed by atoms with Crippen LogP contribution in [0.4, 0.5) is 0 Å². The zero-order valence-corrected chi connectivity index (χ0v) is 12.0. The molecule has 0 fully saturated rings. The molecule has 1 atom stereocenters. The van der Waals surface area contributed by atoms with Crippen molar-refractivity contribution in [2.24, 2.45) is 0 Å². The molecule has 2 rings (SSSR count). The van der Waals surface area contributed by atoms with E-state index >= 15 is 0 Å². The molecule has 0 spiro atoms. The molecule has 1 unspecified atom stereocenters. The van der Waals surface area contributed by atoms with Gasteiger partial charge in [-0.1, -0.05) is 30.3 Å². The number of rotatable bonds is 3. The van der Waals surface area contributed by atoms with E-state index in [2.05, 4.69) is 27.1 Å². The largest absolute Gasteiger partial charge is 0.267 e. The lowest BCUT2D eigenvalue weighted by Gasteiger charge is -2.11. The highest BCUT2D eigenvalue weighted by atomic mass is 79.9. The third-order valence-electron chi connectivity index (χ3n) is 3.01. The number of hydrogen-bond acceptors (Lipinski definition) is 2. The molecule has 0 radical (unpaired) electrons. The molecule has 0 bridgehead atoms. The minimum Gasteiger partial charge on any atom is -0.267 e. The zero-order chi connectivity index (χ0) is 13.1. The Morgan fingerprint density at radius 1 is 1.33 bits per heavy atom. The van der Waals surface area contributed by atoms with E-state index in [-0.39, 0.29) is 5.92 Å². The van der Waals surface area contributed by atoms with Crippen LogP contribution in [0.3, 0.4) is 0 Å². The summed E-state index contributed by atoms with van der Waals surface area (Å²) in [5.41, 5.74) is 3.05. The van der Waals surface area contributed by atoms with E-state index in [9.17, 15) is 5.26 Å². The van der Waals surface area contributed by atoms with Crippen molar-refractivity contribution in [2.45, 2.75) is 26.3 Å². The normalized spacial score (nSPS) is 12.1. The average Bonchev–Trinajstić information content (AvgIpc) is 2.64. The van der Waals surface area contributed by atoms with Crippen molar-refractivity contribution in [3.05, 3.63) is 51.8 Å². The zero-order valence-electron chi connectivity index (χ0n) is 10.4. The Kier molecular flexibility index (Phi) is 3.83. The van der Waals surface area contributed by atoms with Crippen molar-refractivity contribution in [1.82, 2.24) is 9.78 Å². The average molecular weight is 304 g/mol. The second-order valence-electron chi connectivity index (χ2n) is 4.26. The Morgan fingerprint density at radius 2 is 2.00 bits per heavy atom. The number of halogens is 1. The standard InChI is InChI=1S/C14H14BrN3/c1-10-14(15)11(2)18(17-10)9-13(8-16)12-6-4-3-5-7-12/h3-7,13H,9H2,1-2H3. The summed E-state index contributed by atoms with van der Waals surface area (Å²) < 4.78 is 2.91. The monoisotopic (exact) mass is 303 g/mol.